The highest BCUT2D eigenvalue weighted by atomic mass is 16.5. The summed E-state index contributed by atoms with van der Waals surface area (Å²) in [5.74, 6) is 1.29. The van der Waals surface area contributed by atoms with Crippen molar-refractivity contribution in [1.29, 1.82) is 0 Å². The number of ether oxygens (including phenoxy) is 1. The van der Waals surface area contributed by atoms with Gasteiger partial charge >= 0.3 is 0 Å². The summed E-state index contributed by atoms with van der Waals surface area (Å²) in [6, 6.07) is 28.9. The van der Waals surface area contributed by atoms with E-state index in [1.807, 2.05) is 30.3 Å². The summed E-state index contributed by atoms with van der Waals surface area (Å²) in [7, 11) is 0. The van der Waals surface area contributed by atoms with Crippen LogP contribution in [0.25, 0.3) is 37.9 Å². The summed E-state index contributed by atoms with van der Waals surface area (Å²) in [5, 5.41) is 6.05. The lowest BCUT2D eigenvalue weighted by Crippen LogP contribution is -2.07. The number of fused-ring (bicyclic) bond motifs is 3. The van der Waals surface area contributed by atoms with Gasteiger partial charge in [-0.15, -0.1) is 0 Å². The lowest BCUT2D eigenvalue weighted by molar-refractivity contribution is -0.113. The van der Waals surface area contributed by atoms with Crippen LogP contribution in [-0.4, -0.2) is 11.6 Å². The van der Waals surface area contributed by atoms with Crippen molar-refractivity contribution in [3.05, 3.63) is 114 Å². The van der Waals surface area contributed by atoms with E-state index in [-0.39, 0.29) is 11.6 Å². The van der Waals surface area contributed by atoms with Crippen LogP contribution < -0.4 is 4.74 Å². The molecule has 0 aromatic heterocycles. The minimum absolute atomic E-state index is 0.155. The third-order valence-electron chi connectivity index (χ3n) is 7.27. The molecule has 1 aliphatic carbocycles. The topological polar surface area (TPSA) is 43.4 Å². The second-order valence-electron chi connectivity index (χ2n) is 9.89. The Kier molecular flexibility index (Phi) is 6.35. The van der Waals surface area contributed by atoms with Crippen molar-refractivity contribution in [2.75, 3.05) is 0 Å². The standard InChI is InChI=1S/C35H28O3/c1-2-3-4-8-23-13-16-28(17-14-23)38-35-29-11-6-5-9-24(29)19-26-21-31-25(20-32(26)35)10-7-12-30(31)33-22-27(36)15-18-34(33)37/h5-7,9-22H,2-4,8H2,1H3. The molecule has 0 heterocycles. The molecule has 0 aliphatic heterocycles. The number of rotatable bonds is 7. The third-order valence-corrected chi connectivity index (χ3v) is 7.27. The van der Waals surface area contributed by atoms with Crippen LogP contribution in [0.15, 0.2) is 103 Å². The SMILES string of the molecule is CCCCCc1ccc(Oc2c3ccccc3cc3cc4c(C5=CC(=O)C=CC5=O)cccc4cc23)cc1. The van der Waals surface area contributed by atoms with E-state index in [0.717, 1.165) is 55.8 Å². The maximum atomic E-state index is 12.6. The van der Waals surface area contributed by atoms with Gasteiger partial charge in [-0.2, -0.15) is 0 Å². The van der Waals surface area contributed by atoms with E-state index in [9.17, 15) is 9.59 Å². The van der Waals surface area contributed by atoms with Gasteiger partial charge in [0.25, 0.3) is 0 Å². The smallest absolute Gasteiger partial charge is 0.186 e. The van der Waals surface area contributed by atoms with Crippen LogP contribution in [0.3, 0.4) is 0 Å². The molecule has 0 N–H and O–H groups in total. The molecule has 0 amide bonds. The normalized spacial score (nSPS) is 13.4. The first-order chi connectivity index (χ1) is 18.6. The van der Waals surface area contributed by atoms with Crippen molar-refractivity contribution in [2.24, 2.45) is 0 Å². The molecule has 38 heavy (non-hydrogen) atoms. The average Bonchev–Trinajstić information content (AvgIpc) is 2.94. The number of carbonyl (C=O) groups excluding carboxylic acids is 2. The fraction of sp³-hybridized carbons (Fsp3) is 0.143. The molecule has 0 saturated heterocycles. The molecule has 0 spiro atoms. The van der Waals surface area contributed by atoms with Gasteiger partial charge in [-0.1, -0.05) is 74.4 Å². The summed E-state index contributed by atoms with van der Waals surface area (Å²) >= 11 is 0. The molecule has 0 fully saturated rings. The number of benzene rings is 5. The number of carbonyl (C=O) groups is 2. The van der Waals surface area contributed by atoms with E-state index >= 15 is 0 Å². The maximum absolute atomic E-state index is 12.6. The first-order valence-electron chi connectivity index (χ1n) is 13.2. The molecule has 5 aromatic carbocycles. The number of aryl methyl sites for hydroxylation is 1. The van der Waals surface area contributed by atoms with Gasteiger partial charge in [0.05, 0.1) is 0 Å². The van der Waals surface area contributed by atoms with Gasteiger partial charge in [0.2, 0.25) is 0 Å². The number of hydrogen-bond acceptors (Lipinski definition) is 3. The van der Waals surface area contributed by atoms with Crippen LogP contribution in [0, 0.1) is 0 Å². The number of unbranched alkanes of at least 4 members (excludes halogenated alkanes) is 2. The zero-order valence-corrected chi connectivity index (χ0v) is 21.4. The maximum Gasteiger partial charge on any atom is 0.186 e. The number of ketones is 2. The predicted octanol–water partition coefficient (Wildman–Crippen LogP) is 8.76. The molecular formula is C35H28O3. The van der Waals surface area contributed by atoms with Crippen molar-refractivity contribution in [1.82, 2.24) is 0 Å². The van der Waals surface area contributed by atoms with E-state index < -0.39 is 0 Å². The molecule has 0 bridgehead atoms. The van der Waals surface area contributed by atoms with Gasteiger partial charge in [0, 0.05) is 16.3 Å². The Hall–Kier alpha value is -4.50. The van der Waals surface area contributed by atoms with Gasteiger partial charge in [0.1, 0.15) is 11.5 Å². The van der Waals surface area contributed by atoms with Crippen molar-refractivity contribution in [3.8, 4) is 11.5 Å². The summed E-state index contributed by atoms with van der Waals surface area (Å²) in [6.07, 6.45) is 8.85. The zero-order valence-electron chi connectivity index (χ0n) is 21.4. The molecule has 3 nitrogen and oxygen atoms in total. The Morgan fingerprint density at radius 3 is 2.29 bits per heavy atom. The Bertz CT molecular complexity index is 1770. The van der Waals surface area contributed by atoms with Crippen molar-refractivity contribution >= 4 is 49.5 Å². The van der Waals surface area contributed by atoms with Crippen molar-refractivity contribution in [3.63, 3.8) is 0 Å². The average molecular weight is 497 g/mol. The van der Waals surface area contributed by atoms with Gasteiger partial charge < -0.3 is 4.74 Å². The molecule has 1 aliphatic rings. The third kappa shape index (κ3) is 4.52. The summed E-state index contributed by atoms with van der Waals surface area (Å²) in [5.41, 5.74) is 2.52. The lowest BCUT2D eigenvalue weighted by atomic mass is 9.90. The Labute approximate surface area is 222 Å². The van der Waals surface area contributed by atoms with Gasteiger partial charge in [0.15, 0.2) is 11.6 Å². The van der Waals surface area contributed by atoms with E-state index in [1.165, 1.54) is 43.1 Å². The number of hydrogen-bond donors (Lipinski definition) is 0. The molecule has 3 heteroatoms. The summed E-state index contributed by atoms with van der Waals surface area (Å²) < 4.78 is 6.59. The molecule has 0 radical (unpaired) electrons. The van der Waals surface area contributed by atoms with Gasteiger partial charge in [-0.3, -0.25) is 9.59 Å². The Morgan fingerprint density at radius 1 is 0.684 bits per heavy atom. The molecule has 0 atom stereocenters. The van der Waals surface area contributed by atoms with E-state index in [1.54, 1.807) is 0 Å². The van der Waals surface area contributed by atoms with E-state index in [0.29, 0.717) is 5.57 Å². The van der Waals surface area contributed by atoms with Crippen LogP contribution in [0.4, 0.5) is 0 Å². The van der Waals surface area contributed by atoms with Crippen LogP contribution in [0.5, 0.6) is 11.5 Å². The minimum Gasteiger partial charge on any atom is -0.456 e. The Balaban J connectivity index is 1.48. The van der Waals surface area contributed by atoms with E-state index in [2.05, 4.69) is 61.5 Å². The fourth-order valence-electron chi connectivity index (χ4n) is 5.29. The molecular weight excluding hydrogens is 468 g/mol. The molecule has 0 unspecified atom stereocenters. The van der Waals surface area contributed by atoms with E-state index in [4.69, 9.17) is 4.74 Å². The monoisotopic (exact) mass is 496 g/mol. The highest BCUT2D eigenvalue weighted by Crippen LogP contribution is 2.41. The van der Waals surface area contributed by atoms with Crippen molar-refractivity contribution in [2.45, 2.75) is 32.6 Å². The first-order valence-corrected chi connectivity index (χ1v) is 13.2. The summed E-state index contributed by atoms with van der Waals surface area (Å²) in [4.78, 5) is 24.7. The highest BCUT2D eigenvalue weighted by molar-refractivity contribution is 6.35. The second kappa shape index (κ2) is 10.1. The molecule has 5 aromatic rings. The first kappa shape index (κ1) is 23.9. The van der Waals surface area contributed by atoms with Gasteiger partial charge in [-0.05, 0) is 94.1 Å². The summed E-state index contributed by atoms with van der Waals surface area (Å²) in [6.45, 7) is 2.22. The van der Waals surface area contributed by atoms with Crippen LogP contribution in [0.1, 0.15) is 37.3 Å². The quantitative estimate of drug-likeness (QED) is 0.128. The van der Waals surface area contributed by atoms with Crippen molar-refractivity contribution < 1.29 is 14.3 Å². The molecule has 0 saturated carbocycles. The van der Waals surface area contributed by atoms with Gasteiger partial charge in [-0.25, -0.2) is 0 Å². The van der Waals surface area contributed by atoms with Crippen LogP contribution in [0.2, 0.25) is 0 Å². The fourth-order valence-corrected chi connectivity index (χ4v) is 5.29. The highest BCUT2D eigenvalue weighted by Gasteiger charge is 2.19. The predicted molar refractivity (Wildman–Crippen MR) is 156 cm³/mol. The number of allylic oxidation sites excluding steroid dienone is 4. The second-order valence-corrected chi connectivity index (χ2v) is 9.89. The molecule has 186 valence electrons. The zero-order chi connectivity index (χ0) is 26.1. The minimum atomic E-state index is -0.171. The molecule has 6 rings (SSSR count). The Morgan fingerprint density at radius 2 is 1.45 bits per heavy atom. The lowest BCUT2D eigenvalue weighted by Gasteiger charge is -2.16. The van der Waals surface area contributed by atoms with Crippen LogP contribution >= 0.6 is 0 Å². The van der Waals surface area contributed by atoms with Crippen LogP contribution in [-0.2, 0) is 16.0 Å². The largest absolute Gasteiger partial charge is 0.456 e.